The number of hydrogen-bond donors (Lipinski definition) is 0. The number of carbonyl (C=O) groups is 2. The summed E-state index contributed by atoms with van der Waals surface area (Å²) in [5.74, 6) is 0.384. The molecule has 130 valence electrons. The highest BCUT2D eigenvalue weighted by atomic mass is 16.5. The van der Waals surface area contributed by atoms with Crippen LogP contribution in [0.5, 0.6) is 5.75 Å². The topological polar surface area (TPSA) is 43.4 Å². The van der Waals surface area contributed by atoms with E-state index in [1.807, 2.05) is 54.6 Å². The van der Waals surface area contributed by atoms with Gasteiger partial charge in [-0.3, -0.25) is 4.79 Å². The molecule has 5 rings (SSSR count). The molecule has 0 spiro atoms. The zero-order valence-corrected chi connectivity index (χ0v) is 14.6. The Morgan fingerprint density at radius 1 is 0.778 bits per heavy atom. The fourth-order valence-electron chi connectivity index (χ4n) is 3.89. The number of aryl methyl sites for hydroxylation is 1. The van der Waals surface area contributed by atoms with Crippen LogP contribution in [0.1, 0.15) is 32.7 Å². The van der Waals surface area contributed by atoms with Crippen molar-refractivity contribution >= 4 is 33.3 Å². The lowest BCUT2D eigenvalue weighted by atomic mass is 9.96. The Morgan fingerprint density at radius 2 is 1.56 bits per heavy atom. The van der Waals surface area contributed by atoms with Crippen molar-refractivity contribution in [3.05, 3.63) is 89.5 Å². The highest BCUT2D eigenvalue weighted by molar-refractivity contribution is 6.13. The first-order chi connectivity index (χ1) is 13.2. The highest BCUT2D eigenvalue weighted by Gasteiger charge is 2.21. The number of benzene rings is 4. The summed E-state index contributed by atoms with van der Waals surface area (Å²) < 4.78 is 5.53. The molecular formula is C24H16O3. The lowest BCUT2D eigenvalue weighted by Gasteiger charge is -2.10. The van der Waals surface area contributed by atoms with Gasteiger partial charge < -0.3 is 4.74 Å². The molecule has 27 heavy (non-hydrogen) atoms. The molecule has 1 aliphatic rings. The lowest BCUT2D eigenvalue weighted by molar-refractivity contribution is 0.0734. The molecule has 0 N–H and O–H groups in total. The van der Waals surface area contributed by atoms with Crippen LogP contribution in [0, 0.1) is 0 Å². The molecule has 0 heterocycles. The van der Waals surface area contributed by atoms with E-state index in [9.17, 15) is 9.59 Å². The van der Waals surface area contributed by atoms with Gasteiger partial charge in [-0.25, -0.2) is 4.79 Å². The Morgan fingerprint density at radius 3 is 2.41 bits per heavy atom. The van der Waals surface area contributed by atoms with Crippen LogP contribution < -0.4 is 4.74 Å². The fraction of sp³-hybridized carbons (Fsp3) is 0.0833. The van der Waals surface area contributed by atoms with E-state index in [4.69, 9.17) is 4.74 Å². The minimum absolute atomic E-state index is 0.232. The van der Waals surface area contributed by atoms with Crippen molar-refractivity contribution in [3.63, 3.8) is 0 Å². The Bertz CT molecular complexity index is 1220. The normalized spacial score (nSPS) is 13.1. The summed E-state index contributed by atoms with van der Waals surface area (Å²) >= 11 is 0. The maximum Gasteiger partial charge on any atom is 0.343 e. The first-order valence-corrected chi connectivity index (χ1v) is 8.99. The third kappa shape index (κ3) is 2.59. The van der Waals surface area contributed by atoms with Crippen molar-refractivity contribution in [1.29, 1.82) is 0 Å². The number of esters is 1. The van der Waals surface area contributed by atoms with Gasteiger partial charge in [-0.05, 0) is 57.8 Å². The van der Waals surface area contributed by atoms with Crippen molar-refractivity contribution in [3.8, 4) is 5.75 Å². The van der Waals surface area contributed by atoms with Crippen LogP contribution in [0.3, 0.4) is 0 Å². The molecular weight excluding hydrogens is 336 g/mol. The molecule has 0 unspecified atom stereocenters. The van der Waals surface area contributed by atoms with Gasteiger partial charge in [0.2, 0.25) is 0 Å². The Balaban J connectivity index is 1.56. The van der Waals surface area contributed by atoms with Crippen molar-refractivity contribution in [2.75, 3.05) is 0 Å². The number of ether oxygens (including phenoxy) is 1. The number of hydrogen-bond acceptors (Lipinski definition) is 3. The van der Waals surface area contributed by atoms with Gasteiger partial charge in [0.05, 0.1) is 5.56 Å². The monoisotopic (exact) mass is 352 g/mol. The maximum absolute atomic E-state index is 12.3. The van der Waals surface area contributed by atoms with Gasteiger partial charge >= 0.3 is 5.97 Å². The van der Waals surface area contributed by atoms with Gasteiger partial charge in [-0.1, -0.05) is 48.5 Å². The van der Waals surface area contributed by atoms with Crippen LogP contribution in [-0.4, -0.2) is 11.8 Å². The minimum atomic E-state index is -0.368. The Hall–Kier alpha value is -3.46. The Labute approximate surface area is 156 Å². The second-order valence-electron chi connectivity index (χ2n) is 6.81. The van der Waals surface area contributed by atoms with Gasteiger partial charge in [-0.15, -0.1) is 0 Å². The van der Waals surface area contributed by atoms with E-state index in [-0.39, 0.29) is 11.8 Å². The summed E-state index contributed by atoms with van der Waals surface area (Å²) in [7, 11) is 0. The summed E-state index contributed by atoms with van der Waals surface area (Å²) in [6, 6.07) is 22.7. The van der Waals surface area contributed by atoms with E-state index in [0.717, 1.165) is 39.1 Å². The van der Waals surface area contributed by atoms with Gasteiger partial charge in [0.1, 0.15) is 5.75 Å². The molecule has 0 bridgehead atoms. The molecule has 4 aromatic carbocycles. The zero-order chi connectivity index (χ0) is 18.4. The van der Waals surface area contributed by atoms with E-state index in [1.165, 1.54) is 0 Å². The summed E-state index contributed by atoms with van der Waals surface area (Å²) in [4.78, 5) is 24.3. The average molecular weight is 352 g/mol. The van der Waals surface area contributed by atoms with Crippen LogP contribution in [0.4, 0.5) is 0 Å². The number of ketones is 1. The van der Waals surface area contributed by atoms with E-state index in [0.29, 0.717) is 17.7 Å². The zero-order valence-electron chi connectivity index (χ0n) is 14.6. The fourth-order valence-corrected chi connectivity index (χ4v) is 3.89. The van der Waals surface area contributed by atoms with Crippen LogP contribution in [0.25, 0.3) is 21.5 Å². The Kier molecular flexibility index (Phi) is 3.54. The summed E-state index contributed by atoms with van der Waals surface area (Å²) in [5.41, 5.74) is 2.53. The van der Waals surface area contributed by atoms with Crippen molar-refractivity contribution in [1.82, 2.24) is 0 Å². The summed E-state index contributed by atoms with van der Waals surface area (Å²) in [5, 5.41) is 4.36. The SMILES string of the molecule is O=C(Oc1ccc2c(ccc3c4c(ccc32)C(=O)CC4)c1)c1ccccc1. The smallest absolute Gasteiger partial charge is 0.343 e. The van der Waals surface area contributed by atoms with E-state index in [2.05, 4.69) is 6.07 Å². The van der Waals surface area contributed by atoms with E-state index < -0.39 is 0 Å². The summed E-state index contributed by atoms with van der Waals surface area (Å²) in [6.45, 7) is 0. The molecule has 0 radical (unpaired) electrons. The largest absolute Gasteiger partial charge is 0.423 e. The van der Waals surface area contributed by atoms with E-state index in [1.54, 1.807) is 12.1 Å². The molecule has 0 atom stereocenters. The molecule has 0 aliphatic heterocycles. The first kappa shape index (κ1) is 15.8. The number of Topliss-reactive ketones (excluding diaryl/α,β-unsaturated/α-hetero) is 1. The van der Waals surface area contributed by atoms with Crippen molar-refractivity contribution < 1.29 is 14.3 Å². The molecule has 0 aromatic heterocycles. The molecule has 3 heteroatoms. The predicted octanol–water partition coefficient (Wildman–Crippen LogP) is 5.34. The quantitative estimate of drug-likeness (QED) is 0.278. The van der Waals surface area contributed by atoms with Crippen LogP contribution in [0.2, 0.25) is 0 Å². The third-order valence-electron chi connectivity index (χ3n) is 5.22. The third-order valence-corrected chi connectivity index (χ3v) is 5.22. The van der Waals surface area contributed by atoms with Gasteiger partial charge in [0.25, 0.3) is 0 Å². The number of fused-ring (bicyclic) bond motifs is 5. The lowest BCUT2D eigenvalue weighted by Crippen LogP contribution is -2.07. The number of rotatable bonds is 2. The average Bonchev–Trinajstić information content (AvgIpc) is 3.09. The molecule has 1 aliphatic carbocycles. The molecule has 0 saturated heterocycles. The minimum Gasteiger partial charge on any atom is -0.423 e. The molecule has 0 saturated carbocycles. The number of carbonyl (C=O) groups excluding carboxylic acids is 2. The van der Waals surface area contributed by atoms with Crippen molar-refractivity contribution in [2.24, 2.45) is 0 Å². The standard InChI is InChI=1S/C24H16O3/c25-23-13-12-21-20-8-6-16-14-17(27-24(26)15-4-2-1-3-5-15)7-9-18(16)19(20)10-11-22(21)23/h1-11,14H,12-13H2. The molecule has 3 nitrogen and oxygen atoms in total. The maximum atomic E-state index is 12.3. The second kappa shape index (κ2) is 6.06. The van der Waals surface area contributed by atoms with Crippen LogP contribution in [-0.2, 0) is 6.42 Å². The predicted molar refractivity (Wildman–Crippen MR) is 106 cm³/mol. The summed E-state index contributed by atoms with van der Waals surface area (Å²) in [6.07, 6.45) is 1.41. The first-order valence-electron chi connectivity index (χ1n) is 8.99. The molecule has 0 amide bonds. The van der Waals surface area contributed by atoms with Gasteiger partial charge in [0, 0.05) is 12.0 Å². The molecule has 0 fully saturated rings. The van der Waals surface area contributed by atoms with E-state index >= 15 is 0 Å². The van der Waals surface area contributed by atoms with Crippen LogP contribution >= 0.6 is 0 Å². The second-order valence-corrected chi connectivity index (χ2v) is 6.81. The van der Waals surface area contributed by atoms with Crippen LogP contribution in [0.15, 0.2) is 72.8 Å². The van der Waals surface area contributed by atoms with Crippen molar-refractivity contribution in [2.45, 2.75) is 12.8 Å². The highest BCUT2D eigenvalue weighted by Crippen LogP contribution is 2.35. The molecule has 4 aromatic rings. The van der Waals surface area contributed by atoms with Gasteiger partial charge in [-0.2, -0.15) is 0 Å². The van der Waals surface area contributed by atoms with Gasteiger partial charge in [0.15, 0.2) is 5.78 Å².